The van der Waals surface area contributed by atoms with Crippen LogP contribution in [0.5, 0.6) is 5.75 Å². The van der Waals surface area contributed by atoms with Gasteiger partial charge in [-0.1, -0.05) is 18.6 Å². The number of phenolic OH excluding ortho intramolecular Hbond substituents is 1. The molecule has 1 saturated carbocycles. The second-order valence-corrected chi connectivity index (χ2v) is 8.52. The summed E-state index contributed by atoms with van der Waals surface area (Å²) in [6.45, 7) is 2.43. The van der Waals surface area contributed by atoms with Crippen LogP contribution in [0, 0.1) is 5.92 Å². The summed E-state index contributed by atoms with van der Waals surface area (Å²) in [5, 5.41) is 14.5. The number of phenols is 1. The molecule has 1 aromatic heterocycles. The molecule has 0 bridgehead atoms. The lowest BCUT2D eigenvalue weighted by molar-refractivity contribution is 0.0846. The zero-order chi connectivity index (χ0) is 21.1. The van der Waals surface area contributed by atoms with Gasteiger partial charge in [-0.05, 0) is 74.9 Å². The van der Waals surface area contributed by atoms with Crippen LogP contribution in [0.4, 0.5) is 0 Å². The van der Waals surface area contributed by atoms with Gasteiger partial charge in [0.15, 0.2) is 0 Å². The van der Waals surface area contributed by atoms with Crippen LogP contribution in [0.2, 0.25) is 0 Å². The molecule has 0 radical (unpaired) electrons. The molecular formula is C23H32N6O. The number of allylic oxidation sites excluding steroid dienone is 2. The lowest BCUT2D eigenvalue weighted by Crippen LogP contribution is -2.45. The molecule has 2 aromatic rings. The topological polar surface area (TPSA) is 119 Å². The first-order chi connectivity index (χ1) is 14.5. The third-order valence-electron chi connectivity index (χ3n) is 6.45. The van der Waals surface area contributed by atoms with E-state index in [-0.39, 0.29) is 11.6 Å². The van der Waals surface area contributed by atoms with E-state index in [1.807, 2.05) is 18.5 Å². The molecule has 7 nitrogen and oxygen atoms in total. The Morgan fingerprint density at radius 2 is 1.83 bits per heavy atom. The molecule has 1 aliphatic carbocycles. The molecular weight excluding hydrogens is 376 g/mol. The first-order valence-electron chi connectivity index (χ1n) is 10.8. The van der Waals surface area contributed by atoms with Crippen molar-refractivity contribution in [3.8, 4) is 5.75 Å². The molecule has 2 heterocycles. The molecule has 160 valence electrons. The van der Waals surface area contributed by atoms with Gasteiger partial charge >= 0.3 is 0 Å². The first kappa shape index (κ1) is 20.3. The van der Waals surface area contributed by atoms with Gasteiger partial charge in [0.25, 0.3) is 0 Å². The van der Waals surface area contributed by atoms with Crippen molar-refractivity contribution in [2.45, 2.75) is 44.6 Å². The number of aromatic nitrogens is 2. The highest BCUT2D eigenvalue weighted by atomic mass is 16.3. The predicted octanol–water partition coefficient (Wildman–Crippen LogP) is 2.44. The van der Waals surface area contributed by atoms with Gasteiger partial charge < -0.3 is 27.2 Å². The number of rotatable bonds is 6. The van der Waals surface area contributed by atoms with Gasteiger partial charge in [0, 0.05) is 23.5 Å². The molecule has 30 heavy (non-hydrogen) atoms. The van der Waals surface area contributed by atoms with Crippen LogP contribution in [0.1, 0.15) is 43.2 Å². The molecule has 0 unspecified atom stereocenters. The van der Waals surface area contributed by atoms with Crippen molar-refractivity contribution in [2.75, 3.05) is 13.1 Å². The minimum atomic E-state index is 0.107. The van der Waals surface area contributed by atoms with Crippen LogP contribution in [-0.2, 0) is 6.42 Å². The SMILES string of the molecule is NC(N)=C(/C=C(\N)c1ccccc1O)n1cc(CC2CCN(C3CCC3)CC2)cn1. The fourth-order valence-electron chi connectivity index (χ4n) is 4.43. The maximum absolute atomic E-state index is 10.0. The fraction of sp³-hybridized carbons (Fsp3) is 0.435. The summed E-state index contributed by atoms with van der Waals surface area (Å²) in [5.74, 6) is 0.913. The molecule has 1 aromatic carbocycles. The highest BCUT2D eigenvalue weighted by molar-refractivity contribution is 5.77. The molecule has 0 spiro atoms. The van der Waals surface area contributed by atoms with Crippen molar-refractivity contribution in [3.63, 3.8) is 0 Å². The van der Waals surface area contributed by atoms with Crippen LogP contribution in [0.25, 0.3) is 11.4 Å². The van der Waals surface area contributed by atoms with E-state index in [0.717, 1.165) is 12.5 Å². The van der Waals surface area contributed by atoms with Crippen molar-refractivity contribution in [2.24, 2.45) is 23.1 Å². The number of aromatic hydroxyl groups is 1. The zero-order valence-corrected chi connectivity index (χ0v) is 17.4. The Labute approximate surface area is 177 Å². The fourth-order valence-corrected chi connectivity index (χ4v) is 4.43. The molecule has 7 N–H and O–H groups in total. The number of nitrogens with zero attached hydrogens (tertiary/aromatic N) is 3. The van der Waals surface area contributed by atoms with Crippen LogP contribution < -0.4 is 17.2 Å². The first-order valence-corrected chi connectivity index (χ1v) is 10.8. The van der Waals surface area contributed by atoms with Gasteiger partial charge in [0.05, 0.1) is 6.20 Å². The second kappa shape index (κ2) is 8.83. The van der Waals surface area contributed by atoms with Crippen molar-refractivity contribution < 1.29 is 5.11 Å². The summed E-state index contributed by atoms with van der Waals surface area (Å²) in [7, 11) is 0. The lowest BCUT2D eigenvalue weighted by atomic mass is 9.86. The van der Waals surface area contributed by atoms with Gasteiger partial charge in [-0.25, -0.2) is 4.68 Å². The average Bonchev–Trinajstić information content (AvgIpc) is 3.14. The van der Waals surface area contributed by atoms with E-state index in [4.69, 9.17) is 17.2 Å². The standard InChI is InChI=1S/C23H32N6O/c24-20(19-6-1-2-7-22(19)30)13-21(23(25)26)29-15-17(14-27-29)12-16-8-10-28(11-9-16)18-4-3-5-18/h1-2,6-7,13-16,18,30H,3-5,8-12,24-26H2/b20-13-. The summed E-state index contributed by atoms with van der Waals surface area (Å²) < 4.78 is 1.67. The Bertz CT molecular complexity index is 931. The van der Waals surface area contributed by atoms with Crippen molar-refractivity contribution in [1.82, 2.24) is 14.7 Å². The molecule has 0 atom stereocenters. The van der Waals surface area contributed by atoms with Crippen LogP contribution >= 0.6 is 0 Å². The summed E-state index contributed by atoms with van der Waals surface area (Å²) in [4.78, 5) is 2.67. The smallest absolute Gasteiger partial charge is 0.124 e. The quantitative estimate of drug-likeness (QED) is 0.545. The Morgan fingerprint density at radius 1 is 1.10 bits per heavy atom. The number of hydrogen-bond acceptors (Lipinski definition) is 6. The van der Waals surface area contributed by atoms with Crippen LogP contribution in [-0.4, -0.2) is 38.9 Å². The van der Waals surface area contributed by atoms with E-state index in [2.05, 4.69) is 10.00 Å². The maximum atomic E-state index is 10.0. The molecule has 2 fully saturated rings. The number of piperidine rings is 1. The minimum Gasteiger partial charge on any atom is -0.507 e. The normalized spacial score (nSPS) is 18.9. The maximum Gasteiger partial charge on any atom is 0.124 e. The Morgan fingerprint density at radius 3 is 2.47 bits per heavy atom. The molecule has 7 heteroatoms. The number of benzene rings is 1. The number of nitrogens with two attached hydrogens (primary N) is 3. The van der Waals surface area contributed by atoms with Crippen molar-refractivity contribution in [3.05, 3.63) is 59.7 Å². The van der Waals surface area contributed by atoms with Gasteiger partial charge in [0.2, 0.25) is 0 Å². The summed E-state index contributed by atoms with van der Waals surface area (Å²) >= 11 is 0. The third kappa shape index (κ3) is 4.46. The van der Waals surface area contributed by atoms with Gasteiger partial charge in [0.1, 0.15) is 17.3 Å². The minimum absolute atomic E-state index is 0.107. The second-order valence-electron chi connectivity index (χ2n) is 8.52. The summed E-state index contributed by atoms with van der Waals surface area (Å²) in [6.07, 6.45) is 13.1. The summed E-state index contributed by atoms with van der Waals surface area (Å²) in [6, 6.07) is 7.74. The molecule has 0 amide bonds. The zero-order valence-electron chi connectivity index (χ0n) is 17.4. The van der Waals surface area contributed by atoms with E-state index < -0.39 is 0 Å². The summed E-state index contributed by atoms with van der Waals surface area (Å²) in [5.41, 5.74) is 20.6. The lowest BCUT2D eigenvalue weighted by Gasteiger charge is -2.41. The largest absolute Gasteiger partial charge is 0.507 e. The van der Waals surface area contributed by atoms with Gasteiger partial charge in [-0.2, -0.15) is 5.10 Å². The predicted molar refractivity (Wildman–Crippen MR) is 120 cm³/mol. The molecule has 4 rings (SSSR count). The van der Waals surface area contributed by atoms with Crippen molar-refractivity contribution in [1.29, 1.82) is 0 Å². The van der Waals surface area contributed by atoms with Gasteiger partial charge in [-0.15, -0.1) is 0 Å². The van der Waals surface area contributed by atoms with Crippen molar-refractivity contribution >= 4 is 11.4 Å². The van der Waals surface area contributed by atoms with Crippen LogP contribution in [0.15, 0.2) is 48.6 Å². The van der Waals surface area contributed by atoms with E-state index in [1.54, 1.807) is 29.0 Å². The Balaban J connectivity index is 1.43. The van der Waals surface area contributed by atoms with Gasteiger partial charge in [-0.3, -0.25) is 0 Å². The highest BCUT2D eigenvalue weighted by Crippen LogP contribution is 2.30. The number of para-hydroxylation sites is 1. The molecule has 1 saturated heterocycles. The van der Waals surface area contributed by atoms with Crippen LogP contribution in [0.3, 0.4) is 0 Å². The van der Waals surface area contributed by atoms with E-state index in [0.29, 0.717) is 22.9 Å². The monoisotopic (exact) mass is 408 g/mol. The van der Waals surface area contributed by atoms with E-state index in [9.17, 15) is 5.11 Å². The third-order valence-corrected chi connectivity index (χ3v) is 6.45. The van der Waals surface area contributed by atoms with E-state index in [1.165, 1.54) is 50.8 Å². The highest BCUT2D eigenvalue weighted by Gasteiger charge is 2.28. The Kier molecular flexibility index (Phi) is 5.99. The number of hydrogen-bond donors (Lipinski definition) is 4. The van der Waals surface area contributed by atoms with E-state index >= 15 is 0 Å². The molecule has 2 aliphatic rings. The molecule has 1 aliphatic heterocycles. The number of likely N-dealkylation sites (tertiary alicyclic amines) is 1. The Hall–Kier alpha value is -2.93. The average molecular weight is 409 g/mol.